The molecule has 180 valence electrons. The molecule has 1 aliphatic rings. The summed E-state index contributed by atoms with van der Waals surface area (Å²) in [5, 5.41) is 7.42. The lowest BCUT2D eigenvalue weighted by Crippen LogP contribution is -2.41. The molecule has 34 heavy (non-hydrogen) atoms. The zero-order valence-electron chi connectivity index (χ0n) is 19.8. The molecule has 1 fully saturated rings. The van der Waals surface area contributed by atoms with Gasteiger partial charge in [-0.1, -0.05) is 18.2 Å². The molecule has 0 radical (unpaired) electrons. The number of aromatic nitrogens is 3. The number of hydrogen-bond acceptors (Lipinski definition) is 6. The van der Waals surface area contributed by atoms with Crippen LogP contribution >= 0.6 is 0 Å². The molecule has 0 bridgehead atoms. The van der Waals surface area contributed by atoms with Gasteiger partial charge in [-0.2, -0.15) is 5.10 Å². The smallest absolute Gasteiger partial charge is 0.350 e. The predicted molar refractivity (Wildman–Crippen MR) is 127 cm³/mol. The molecule has 4 rings (SSSR count). The molecule has 2 aromatic carbocycles. The van der Waals surface area contributed by atoms with Gasteiger partial charge in [0.15, 0.2) is 11.5 Å². The van der Waals surface area contributed by atoms with Crippen LogP contribution in [0, 0.1) is 0 Å². The third-order valence-corrected chi connectivity index (χ3v) is 6.03. The zero-order valence-corrected chi connectivity index (χ0v) is 19.8. The van der Waals surface area contributed by atoms with Crippen LogP contribution < -0.4 is 25.2 Å². The topological polar surface area (TPSA) is 99.9 Å². The molecule has 1 aliphatic heterocycles. The fourth-order valence-electron chi connectivity index (χ4n) is 4.26. The third kappa shape index (κ3) is 4.43. The number of aryl methyl sites for hydroxylation is 1. The first kappa shape index (κ1) is 23.2. The van der Waals surface area contributed by atoms with E-state index in [-0.39, 0.29) is 17.6 Å². The van der Waals surface area contributed by atoms with Crippen molar-refractivity contribution in [1.29, 1.82) is 0 Å². The predicted octanol–water partition coefficient (Wildman–Crippen LogP) is 3.01. The molecule has 0 spiro atoms. The Morgan fingerprint density at radius 2 is 1.62 bits per heavy atom. The average molecular weight is 468 g/mol. The van der Waals surface area contributed by atoms with Gasteiger partial charge < -0.3 is 24.4 Å². The van der Waals surface area contributed by atoms with E-state index in [1.165, 1.54) is 26.0 Å². The SMILES string of the molecule is COc1cc(NC(=O)N2CCC(c3nn(C)c(=O)n3-c3ccccc3)CC2)cc(OC)c1OC. The number of nitrogens with one attached hydrogen (secondary N) is 1. The van der Waals surface area contributed by atoms with Crippen LogP contribution in [0.4, 0.5) is 10.5 Å². The summed E-state index contributed by atoms with van der Waals surface area (Å²) in [6.45, 7) is 1.08. The Morgan fingerprint density at radius 1 is 1.00 bits per heavy atom. The van der Waals surface area contributed by atoms with Gasteiger partial charge >= 0.3 is 11.7 Å². The number of piperidine rings is 1. The number of rotatable bonds is 6. The molecule has 3 aromatic rings. The van der Waals surface area contributed by atoms with Crippen LogP contribution in [0.5, 0.6) is 17.2 Å². The van der Waals surface area contributed by atoms with Crippen molar-refractivity contribution in [2.45, 2.75) is 18.8 Å². The number of ether oxygens (including phenoxy) is 3. The molecule has 0 aliphatic carbocycles. The summed E-state index contributed by atoms with van der Waals surface area (Å²) in [5.41, 5.74) is 1.16. The van der Waals surface area contributed by atoms with E-state index in [4.69, 9.17) is 14.2 Å². The van der Waals surface area contributed by atoms with Gasteiger partial charge in [-0.25, -0.2) is 18.8 Å². The highest BCUT2D eigenvalue weighted by atomic mass is 16.5. The van der Waals surface area contributed by atoms with Gasteiger partial charge in [0.25, 0.3) is 0 Å². The Labute approximate surface area is 197 Å². The number of urea groups is 1. The Kier molecular flexibility index (Phi) is 6.76. The minimum absolute atomic E-state index is 0.0688. The van der Waals surface area contributed by atoms with E-state index < -0.39 is 0 Å². The second kappa shape index (κ2) is 9.90. The van der Waals surface area contributed by atoms with Crippen molar-refractivity contribution in [3.63, 3.8) is 0 Å². The summed E-state index contributed by atoms with van der Waals surface area (Å²) >= 11 is 0. The van der Waals surface area contributed by atoms with Gasteiger partial charge in [-0.3, -0.25) is 0 Å². The molecule has 2 heterocycles. The first-order chi connectivity index (χ1) is 16.5. The summed E-state index contributed by atoms with van der Waals surface area (Å²) in [6, 6.07) is 12.7. The summed E-state index contributed by atoms with van der Waals surface area (Å²) < 4.78 is 19.1. The van der Waals surface area contributed by atoms with Crippen molar-refractivity contribution in [2.75, 3.05) is 39.7 Å². The molecule has 1 saturated heterocycles. The number of methoxy groups -OCH3 is 3. The Bertz CT molecular complexity index is 1190. The minimum Gasteiger partial charge on any atom is -0.493 e. The Hall–Kier alpha value is -3.95. The monoisotopic (exact) mass is 467 g/mol. The van der Waals surface area contributed by atoms with Crippen molar-refractivity contribution >= 4 is 11.7 Å². The molecule has 2 amide bonds. The highest BCUT2D eigenvalue weighted by Crippen LogP contribution is 2.40. The van der Waals surface area contributed by atoms with Crippen LogP contribution in [0.25, 0.3) is 5.69 Å². The van der Waals surface area contributed by atoms with E-state index >= 15 is 0 Å². The fourth-order valence-corrected chi connectivity index (χ4v) is 4.26. The quantitative estimate of drug-likeness (QED) is 0.598. The van der Waals surface area contributed by atoms with Gasteiger partial charge in [0.05, 0.1) is 32.7 Å². The molecule has 1 N–H and O–H groups in total. The number of amides is 2. The highest BCUT2D eigenvalue weighted by Gasteiger charge is 2.29. The van der Waals surface area contributed by atoms with Gasteiger partial charge in [-0.05, 0) is 25.0 Å². The second-order valence-corrected chi connectivity index (χ2v) is 8.04. The van der Waals surface area contributed by atoms with E-state index in [9.17, 15) is 9.59 Å². The number of anilines is 1. The van der Waals surface area contributed by atoms with Crippen molar-refractivity contribution in [2.24, 2.45) is 7.05 Å². The maximum Gasteiger partial charge on any atom is 0.350 e. The van der Waals surface area contributed by atoms with Crippen LogP contribution in [0.15, 0.2) is 47.3 Å². The zero-order chi connectivity index (χ0) is 24.2. The van der Waals surface area contributed by atoms with Crippen LogP contribution in [0.1, 0.15) is 24.6 Å². The lowest BCUT2D eigenvalue weighted by Gasteiger charge is -2.31. The first-order valence-corrected chi connectivity index (χ1v) is 11.0. The molecule has 0 atom stereocenters. The molecular weight excluding hydrogens is 438 g/mol. The molecule has 1 aromatic heterocycles. The molecule has 10 heteroatoms. The molecule has 0 saturated carbocycles. The van der Waals surface area contributed by atoms with Crippen LogP contribution in [0.2, 0.25) is 0 Å². The number of benzene rings is 2. The Morgan fingerprint density at radius 3 is 2.18 bits per heavy atom. The van der Waals surface area contributed by atoms with E-state index in [0.717, 1.165) is 11.5 Å². The molecule has 0 unspecified atom stereocenters. The highest BCUT2D eigenvalue weighted by molar-refractivity contribution is 5.90. The van der Waals surface area contributed by atoms with E-state index in [0.29, 0.717) is 48.9 Å². The normalized spacial score (nSPS) is 14.1. The van der Waals surface area contributed by atoms with Gasteiger partial charge in [-0.15, -0.1) is 0 Å². The van der Waals surface area contributed by atoms with Crippen molar-refractivity contribution in [1.82, 2.24) is 19.2 Å². The maximum absolute atomic E-state index is 12.9. The molecule has 10 nitrogen and oxygen atoms in total. The van der Waals surface area contributed by atoms with E-state index in [1.807, 2.05) is 30.3 Å². The van der Waals surface area contributed by atoms with Crippen molar-refractivity contribution in [3.05, 3.63) is 58.8 Å². The van der Waals surface area contributed by atoms with Crippen molar-refractivity contribution in [3.8, 4) is 22.9 Å². The maximum atomic E-state index is 12.9. The summed E-state index contributed by atoms with van der Waals surface area (Å²) in [4.78, 5) is 27.4. The standard InChI is InChI=1S/C24H29N5O5/c1-27-24(31)29(18-8-6-5-7-9-18)22(26-27)16-10-12-28(13-11-16)23(30)25-17-14-19(32-2)21(34-4)20(15-17)33-3/h5-9,14-16H,10-13H2,1-4H3,(H,25,30). The summed E-state index contributed by atoms with van der Waals surface area (Å²) in [5.74, 6) is 2.18. The van der Waals surface area contributed by atoms with E-state index in [2.05, 4.69) is 10.4 Å². The summed E-state index contributed by atoms with van der Waals surface area (Å²) in [6.07, 6.45) is 1.40. The van der Waals surface area contributed by atoms with Crippen LogP contribution in [0.3, 0.4) is 0 Å². The van der Waals surface area contributed by atoms with Gasteiger partial charge in [0.1, 0.15) is 5.82 Å². The fraction of sp³-hybridized carbons (Fsp3) is 0.375. The Balaban J connectivity index is 1.47. The third-order valence-electron chi connectivity index (χ3n) is 6.03. The number of carbonyl (C=O) groups is 1. The lowest BCUT2D eigenvalue weighted by molar-refractivity contribution is 0.193. The molecular formula is C24H29N5O5. The number of nitrogens with zero attached hydrogens (tertiary/aromatic N) is 4. The van der Waals surface area contributed by atoms with Crippen molar-refractivity contribution < 1.29 is 19.0 Å². The number of para-hydroxylation sites is 1. The van der Waals surface area contributed by atoms with Crippen LogP contribution in [-0.4, -0.2) is 59.7 Å². The lowest BCUT2D eigenvalue weighted by atomic mass is 9.96. The van der Waals surface area contributed by atoms with Crippen LogP contribution in [-0.2, 0) is 7.05 Å². The average Bonchev–Trinajstić information content (AvgIpc) is 3.17. The number of likely N-dealkylation sites (tertiary alicyclic amines) is 1. The number of carbonyl (C=O) groups excluding carboxylic acids is 1. The number of hydrogen-bond donors (Lipinski definition) is 1. The van der Waals surface area contributed by atoms with E-state index in [1.54, 1.807) is 28.6 Å². The first-order valence-electron chi connectivity index (χ1n) is 11.0. The minimum atomic E-state index is -0.214. The summed E-state index contributed by atoms with van der Waals surface area (Å²) in [7, 11) is 6.24. The van der Waals surface area contributed by atoms with Gasteiger partial charge in [0.2, 0.25) is 5.75 Å². The largest absolute Gasteiger partial charge is 0.493 e. The second-order valence-electron chi connectivity index (χ2n) is 8.04. The van der Waals surface area contributed by atoms with Gasteiger partial charge in [0, 0.05) is 38.2 Å².